The van der Waals surface area contributed by atoms with E-state index in [2.05, 4.69) is 188 Å². The van der Waals surface area contributed by atoms with Crippen LogP contribution in [0.25, 0.3) is 0 Å². The minimum absolute atomic E-state index is 0.138. The Morgan fingerprint density at radius 1 is 0.551 bits per heavy atom. The van der Waals surface area contributed by atoms with Gasteiger partial charge in [-0.15, -0.1) is 0 Å². The molecular formula is C44H57N5. The number of benzene rings is 4. The topological polar surface area (TPSA) is 51.4 Å². The third-order valence-electron chi connectivity index (χ3n) is 10.5. The Bertz CT molecular complexity index is 1540. The van der Waals surface area contributed by atoms with Gasteiger partial charge in [-0.2, -0.15) is 5.12 Å². The number of hydrazine groups is 2. The van der Waals surface area contributed by atoms with Gasteiger partial charge in [0.05, 0.1) is 0 Å². The SMILES string of the molecule is CCCC1(CC)C(C(NCc2ccccc2)N(NCc2ccccc2)NCc2ccccc2)=CC=C(CC)C1(CC)NCc1ccccc1. The lowest BCUT2D eigenvalue weighted by Crippen LogP contribution is -2.67. The molecule has 0 fully saturated rings. The Labute approximate surface area is 295 Å². The molecule has 0 amide bonds. The summed E-state index contributed by atoms with van der Waals surface area (Å²) in [7, 11) is 0. The van der Waals surface area contributed by atoms with Crippen LogP contribution < -0.4 is 21.5 Å². The van der Waals surface area contributed by atoms with E-state index in [1.807, 2.05) is 0 Å². The van der Waals surface area contributed by atoms with Gasteiger partial charge in [-0.1, -0.05) is 168 Å². The van der Waals surface area contributed by atoms with Gasteiger partial charge in [-0.05, 0) is 59.1 Å². The van der Waals surface area contributed by atoms with E-state index < -0.39 is 0 Å². The van der Waals surface area contributed by atoms with Crippen molar-refractivity contribution in [2.75, 3.05) is 0 Å². The molecule has 3 atom stereocenters. The molecule has 4 N–H and O–H groups in total. The van der Waals surface area contributed by atoms with Gasteiger partial charge in [0, 0.05) is 37.1 Å². The maximum absolute atomic E-state index is 4.25. The molecule has 49 heavy (non-hydrogen) atoms. The van der Waals surface area contributed by atoms with Gasteiger partial charge in [0.2, 0.25) is 0 Å². The molecule has 0 saturated heterocycles. The molecule has 258 valence electrons. The van der Waals surface area contributed by atoms with Crippen LogP contribution in [0.2, 0.25) is 0 Å². The molecule has 4 aromatic rings. The number of hydrogen-bond donors (Lipinski definition) is 4. The molecule has 0 heterocycles. The van der Waals surface area contributed by atoms with Gasteiger partial charge >= 0.3 is 0 Å². The Morgan fingerprint density at radius 3 is 1.45 bits per heavy atom. The minimum atomic E-state index is -0.205. The maximum Gasteiger partial charge on any atom is 0.112 e. The smallest absolute Gasteiger partial charge is 0.112 e. The highest BCUT2D eigenvalue weighted by molar-refractivity contribution is 5.44. The van der Waals surface area contributed by atoms with Crippen LogP contribution in [0.5, 0.6) is 0 Å². The van der Waals surface area contributed by atoms with Crippen molar-refractivity contribution < 1.29 is 0 Å². The molecule has 0 spiro atoms. The average molecular weight is 656 g/mol. The second-order valence-electron chi connectivity index (χ2n) is 13.2. The summed E-state index contributed by atoms with van der Waals surface area (Å²) in [6.45, 7) is 12.4. The molecule has 5 nitrogen and oxygen atoms in total. The van der Waals surface area contributed by atoms with Crippen molar-refractivity contribution >= 4 is 0 Å². The van der Waals surface area contributed by atoms with Crippen molar-refractivity contribution in [1.29, 1.82) is 0 Å². The van der Waals surface area contributed by atoms with Crippen molar-refractivity contribution in [3.8, 4) is 0 Å². The van der Waals surface area contributed by atoms with E-state index in [0.29, 0.717) is 13.1 Å². The maximum atomic E-state index is 4.25. The van der Waals surface area contributed by atoms with Crippen molar-refractivity contribution in [3.63, 3.8) is 0 Å². The highest BCUT2D eigenvalue weighted by Crippen LogP contribution is 2.55. The number of hydrogen-bond acceptors (Lipinski definition) is 5. The lowest BCUT2D eigenvalue weighted by Gasteiger charge is -2.58. The lowest BCUT2D eigenvalue weighted by molar-refractivity contribution is 0.0182. The predicted octanol–water partition coefficient (Wildman–Crippen LogP) is 9.23. The van der Waals surface area contributed by atoms with E-state index in [9.17, 15) is 0 Å². The quantitative estimate of drug-likeness (QED) is 0.0600. The predicted molar refractivity (Wildman–Crippen MR) is 206 cm³/mol. The fourth-order valence-electron chi connectivity index (χ4n) is 8.04. The second kappa shape index (κ2) is 18.2. The first-order valence-corrected chi connectivity index (χ1v) is 18.4. The van der Waals surface area contributed by atoms with Crippen LogP contribution in [0, 0.1) is 5.41 Å². The summed E-state index contributed by atoms with van der Waals surface area (Å²) >= 11 is 0. The standard InChI is InChI=1S/C44H57N5/c1-5-31-43(7-3)41(30-29-40(6-2)44(43,8-4)46-33-37-23-15-10-16-24-37)42(45-32-36-21-13-9-14-22-36)49(47-34-38-25-17-11-18-26-38)48-35-39-27-19-12-20-28-39/h9-30,42,45-48H,5-8,31-35H2,1-4H3. The summed E-state index contributed by atoms with van der Waals surface area (Å²) in [5.41, 5.74) is 15.3. The van der Waals surface area contributed by atoms with Crippen molar-refractivity contribution in [1.82, 2.24) is 26.6 Å². The fraction of sp³-hybridized carbons (Fsp3) is 0.364. The van der Waals surface area contributed by atoms with Gasteiger partial charge in [0.1, 0.15) is 6.17 Å². The largest absolute Gasteiger partial charge is 0.303 e. The van der Waals surface area contributed by atoms with E-state index >= 15 is 0 Å². The zero-order chi connectivity index (χ0) is 34.4. The monoisotopic (exact) mass is 655 g/mol. The molecule has 5 rings (SSSR count). The molecule has 1 aliphatic rings. The minimum Gasteiger partial charge on any atom is -0.303 e. The molecule has 5 heteroatoms. The number of nitrogens with zero attached hydrogens (tertiary/aromatic N) is 1. The number of rotatable bonds is 19. The summed E-state index contributed by atoms with van der Waals surface area (Å²) < 4.78 is 0. The fourth-order valence-corrected chi connectivity index (χ4v) is 8.04. The van der Waals surface area contributed by atoms with Crippen molar-refractivity contribution in [3.05, 3.63) is 167 Å². The summed E-state index contributed by atoms with van der Waals surface area (Å²) in [5.74, 6) is 0. The van der Waals surface area contributed by atoms with Crippen LogP contribution in [-0.2, 0) is 26.2 Å². The molecule has 0 aromatic heterocycles. The summed E-state index contributed by atoms with van der Waals surface area (Å²) in [5, 5.41) is 10.6. The van der Waals surface area contributed by atoms with Gasteiger partial charge < -0.3 is 5.32 Å². The summed E-state index contributed by atoms with van der Waals surface area (Å²) in [6, 6.07) is 43.0. The van der Waals surface area contributed by atoms with E-state index in [1.165, 1.54) is 33.4 Å². The Hall–Kier alpha value is -3.84. The first kappa shape index (κ1) is 36.4. The van der Waals surface area contributed by atoms with Crippen molar-refractivity contribution in [2.45, 2.75) is 97.7 Å². The third kappa shape index (κ3) is 8.67. The summed E-state index contributed by atoms with van der Waals surface area (Å²) in [6.07, 6.45) is 9.96. The van der Waals surface area contributed by atoms with E-state index in [-0.39, 0.29) is 17.1 Å². The average Bonchev–Trinajstić information content (AvgIpc) is 3.16. The molecular weight excluding hydrogens is 599 g/mol. The molecule has 0 aliphatic heterocycles. The third-order valence-corrected chi connectivity index (χ3v) is 10.5. The van der Waals surface area contributed by atoms with Gasteiger partial charge in [-0.25, -0.2) is 10.9 Å². The second-order valence-corrected chi connectivity index (χ2v) is 13.2. The van der Waals surface area contributed by atoms with E-state index in [4.69, 9.17) is 0 Å². The Morgan fingerprint density at radius 2 is 1.02 bits per heavy atom. The van der Waals surface area contributed by atoms with Gasteiger partial charge in [0.25, 0.3) is 0 Å². The van der Waals surface area contributed by atoms with Gasteiger partial charge in [0.15, 0.2) is 0 Å². The number of allylic oxidation sites excluding steroid dienone is 2. The van der Waals surface area contributed by atoms with Crippen LogP contribution >= 0.6 is 0 Å². The normalized spacial score (nSPS) is 19.8. The van der Waals surface area contributed by atoms with Crippen LogP contribution in [0.15, 0.2) is 145 Å². The molecule has 0 saturated carbocycles. The van der Waals surface area contributed by atoms with Crippen LogP contribution in [-0.4, -0.2) is 16.8 Å². The molecule has 0 radical (unpaired) electrons. The van der Waals surface area contributed by atoms with E-state index in [0.717, 1.165) is 45.2 Å². The molecule has 1 aliphatic carbocycles. The lowest BCUT2D eigenvalue weighted by atomic mass is 9.54. The summed E-state index contributed by atoms with van der Waals surface area (Å²) in [4.78, 5) is 0. The van der Waals surface area contributed by atoms with Gasteiger partial charge in [-0.3, -0.25) is 5.32 Å². The Balaban J connectivity index is 1.61. The van der Waals surface area contributed by atoms with Crippen LogP contribution in [0.4, 0.5) is 0 Å². The first-order chi connectivity index (χ1) is 24.1. The molecule has 3 unspecified atom stereocenters. The van der Waals surface area contributed by atoms with E-state index in [1.54, 1.807) is 0 Å². The van der Waals surface area contributed by atoms with Crippen molar-refractivity contribution in [2.24, 2.45) is 5.41 Å². The molecule has 4 aromatic carbocycles. The zero-order valence-corrected chi connectivity index (χ0v) is 30.1. The zero-order valence-electron chi connectivity index (χ0n) is 30.1. The van der Waals surface area contributed by atoms with Crippen LogP contribution in [0.3, 0.4) is 0 Å². The van der Waals surface area contributed by atoms with Crippen LogP contribution in [0.1, 0.15) is 82.1 Å². The number of nitrogens with one attached hydrogen (secondary N) is 4. The molecule has 0 bridgehead atoms. The Kier molecular flexibility index (Phi) is 13.6. The highest BCUT2D eigenvalue weighted by Gasteiger charge is 2.55. The first-order valence-electron chi connectivity index (χ1n) is 18.4. The highest BCUT2D eigenvalue weighted by atomic mass is 15.8.